The maximum absolute atomic E-state index is 12.0. The van der Waals surface area contributed by atoms with E-state index in [9.17, 15) is 9.90 Å². The first-order chi connectivity index (χ1) is 24.7. The summed E-state index contributed by atoms with van der Waals surface area (Å²) in [5.41, 5.74) is 0. The number of aliphatic hydroxyl groups excluding tert-OH is 1. The van der Waals surface area contributed by atoms with Crippen LogP contribution in [0.15, 0.2) is 0 Å². The molecule has 0 aromatic heterocycles. The molecular formula is C47H94O3. The lowest BCUT2D eigenvalue weighted by atomic mass is 10.0. The van der Waals surface area contributed by atoms with Crippen LogP contribution in [0.4, 0.5) is 0 Å². The van der Waals surface area contributed by atoms with Crippen LogP contribution in [0.3, 0.4) is 0 Å². The summed E-state index contributed by atoms with van der Waals surface area (Å²) in [5, 5.41) is 10.1. The number of hydrogen-bond acceptors (Lipinski definition) is 3. The van der Waals surface area contributed by atoms with Crippen molar-refractivity contribution in [3.8, 4) is 0 Å². The summed E-state index contributed by atoms with van der Waals surface area (Å²) in [7, 11) is 0. The lowest BCUT2D eigenvalue weighted by Gasteiger charge is -2.10. The topological polar surface area (TPSA) is 46.5 Å². The molecule has 0 aromatic rings. The van der Waals surface area contributed by atoms with Crippen LogP contribution in [0.2, 0.25) is 0 Å². The van der Waals surface area contributed by atoms with Crippen molar-refractivity contribution in [2.24, 2.45) is 0 Å². The number of ether oxygens (including phenoxy) is 1. The second-order valence-corrected chi connectivity index (χ2v) is 16.3. The van der Waals surface area contributed by atoms with Gasteiger partial charge in [0.2, 0.25) is 0 Å². The minimum Gasteiger partial charge on any atom is -0.466 e. The molecule has 3 heteroatoms. The van der Waals surface area contributed by atoms with Crippen LogP contribution >= 0.6 is 0 Å². The van der Waals surface area contributed by atoms with E-state index in [1.165, 1.54) is 231 Å². The molecule has 0 heterocycles. The van der Waals surface area contributed by atoms with Gasteiger partial charge in [-0.3, -0.25) is 4.79 Å². The quantitative estimate of drug-likeness (QED) is 0.0507. The van der Waals surface area contributed by atoms with Gasteiger partial charge in [-0.2, -0.15) is 0 Å². The number of aliphatic hydroxyl groups is 1. The van der Waals surface area contributed by atoms with Crippen LogP contribution in [0.1, 0.15) is 284 Å². The van der Waals surface area contributed by atoms with Gasteiger partial charge in [0.15, 0.2) is 0 Å². The van der Waals surface area contributed by atoms with Crippen molar-refractivity contribution in [2.75, 3.05) is 6.61 Å². The summed E-state index contributed by atoms with van der Waals surface area (Å²) in [6, 6.07) is 0. The van der Waals surface area contributed by atoms with Gasteiger partial charge >= 0.3 is 5.97 Å². The highest BCUT2D eigenvalue weighted by Crippen LogP contribution is 2.17. The molecule has 0 saturated carbocycles. The standard InChI is InChI=1S/C47H94O3/c1-3-5-7-9-10-11-12-13-14-15-16-17-18-19-20-21-22-23-24-25-26-27-28-31-34-37-41-45-50-47(49)44-40-36-33-30-29-32-35-39-43-46(48)42-38-8-6-4-2/h46,48H,3-45H2,1-2H3. The highest BCUT2D eigenvalue weighted by molar-refractivity contribution is 5.69. The number of carbonyl (C=O) groups is 1. The van der Waals surface area contributed by atoms with Crippen molar-refractivity contribution in [2.45, 2.75) is 290 Å². The van der Waals surface area contributed by atoms with E-state index in [2.05, 4.69) is 13.8 Å². The molecule has 50 heavy (non-hydrogen) atoms. The summed E-state index contributed by atoms with van der Waals surface area (Å²) in [4.78, 5) is 12.0. The Labute approximate surface area is 316 Å². The molecule has 1 atom stereocenters. The Balaban J connectivity index is 3.17. The van der Waals surface area contributed by atoms with Crippen LogP contribution in [0.5, 0.6) is 0 Å². The molecule has 0 fully saturated rings. The minimum absolute atomic E-state index is 0.00747. The normalized spacial score (nSPS) is 12.1. The molecule has 0 rings (SSSR count). The number of hydrogen-bond donors (Lipinski definition) is 1. The molecule has 0 radical (unpaired) electrons. The Morgan fingerprint density at radius 3 is 0.920 bits per heavy atom. The van der Waals surface area contributed by atoms with Gasteiger partial charge < -0.3 is 9.84 Å². The van der Waals surface area contributed by atoms with Crippen molar-refractivity contribution in [3.05, 3.63) is 0 Å². The molecule has 0 spiro atoms. The molecule has 0 aliphatic carbocycles. The predicted molar refractivity (Wildman–Crippen MR) is 222 cm³/mol. The van der Waals surface area contributed by atoms with Crippen molar-refractivity contribution in [1.29, 1.82) is 0 Å². The van der Waals surface area contributed by atoms with Gasteiger partial charge in [-0.25, -0.2) is 0 Å². The summed E-state index contributed by atoms with van der Waals surface area (Å²) >= 11 is 0. The first kappa shape index (κ1) is 49.4. The van der Waals surface area contributed by atoms with E-state index in [4.69, 9.17) is 4.74 Å². The van der Waals surface area contributed by atoms with Gasteiger partial charge in [-0.15, -0.1) is 0 Å². The average Bonchev–Trinajstić information content (AvgIpc) is 3.12. The van der Waals surface area contributed by atoms with E-state index >= 15 is 0 Å². The second-order valence-electron chi connectivity index (χ2n) is 16.3. The van der Waals surface area contributed by atoms with Crippen molar-refractivity contribution >= 4 is 5.97 Å². The third-order valence-corrected chi connectivity index (χ3v) is 11.1. The van der Waals surface area contributed by atoms with E-state index in [0.29, 0.717) is 13.0 Å². The van der Waals surface area contributed by atoms with Crippen LogP contribution in [-0.4, -0.2) is 23.8 Å². The largest absolute Gasteiger partial charge is 0.466 e. The highest BCUT2D eigenvalue weighted by Gasteiger charge is 2.05. The van der Waals surface area contributed by atoms with E-state index in [0.717, 1.165) is 32.1 Å². The molecular weight excluding hydrogens is 613 g/mol. The molecule has 1 N–H and O–H groups in total. The van der Waals surface area contributed by atoms with E-state index < -0.39 is 0 Å². The Kier molecular flexibility index (Phi) is 44.1. The summed E-state index contributed by atoms with van der Waals surface area (Å²) in [6.07, 6.45) is 55.3. The van der Waals surface area contributed by atoms with Crippen molar-refractivity contribution < 1.29 is 14.6 Å². The maximum atomic E-state index is 12.0. The zero-order chi connectivity index (χ0) is 36.3. The Morgan fingerprint density at radius 1 is 0.360 bits per heavy atom. The minimum atomic E-state index is -0.0792. The van der Waals surface area contributed by atoms with E-state index in [1.807, 2.05) is 0 Å². The molecule has 0 aliphatic heterocycles. The van der Waals surface area contributed by atoms with Gasteiger partial charge in [0, 0.05) is 6.42 Å². The molecule has 0 amide bonds. The molecule has 0 aromatic carbocycles. The van der Waals surface area contributed by atoms with Crippen LogP contribution in [0, 0.1) is 0 Å². The molecule has 0 bridgehead atoms. The van der Waals surface area contributed by atoms with Gasteiger partial charge in [0.05, 0.1) is 12.7 Å². The van der Waals surface area contributed by atoms with Crippen LogP contribution in [-0.2, 0) is 9.53 Å². The third kappa shape index (κ3) is 43.6. The maximum Gasteiger partial charge on any atom is 0.305 e. The molecule has 0 saturated heterocycles. The molecule has 0 aliphatic rings. The van der Waals surface area contributed by atoms with Crippen molar-refractivity contribution in [3.63, 3.8) is 0 Å². The van der Waals surface area contributed by atoms with Gasteiger partial charge in [-0.1, -0.05) is 251 Å². The first-order valence-corrected chi connectivity index (χ1v) is 23.5. The third-order valence-electron chi connectivity index (χ3n) is 11.1. The van der Waals surface area contributed by atoms with Crippen molar-refractivity contribution in [1.82, 2.24) is 0 Å². The fraction of sp³-hybridized carbons (Fsp3) is 0.979. The van der Waals surface area contributed by atoms with Gasteiger partial charge in [-0.05, 0) is 25.7 Å². The smallest absolute Gasteiger partial charge is 0.305 e. The molecule has 1 unspecified atom stereocenters. The van der Waals surface area contributed by atoms with Gasteiger partial charge in [0.25, 0.3) is 0 Å². The summed E-state index contributed by atoms with van der Waals surface area (Å²) in [5.74, 6) is 0.00747. The molecule has 3 nitrogen and oxygen atoms in total. The fourth-order valence-electron chi connectivity index (χ4n) is 7.51. The lowest BCUT2D eigenvalue weighted by molar-refractivity contribution is -0.143. The Bertz CT molecular complexity index is 620. The zero-order valence-electron chi connectivity index (χ0n) is 34.7. The number of rotatable bonds is 44. The zero-order valence-corrected chi connectivity index (χ0v) is 34.7. The fourth-order valence-corrected chi connectivity index (χ4v) is 7.51. The monoisotopic (exact) mass is 707 g/mol. The van der Waals surface area contributed by atoms with E-state index in [-0.39, 0.29) is 12.1 Å². The van der Waals surface area contributed by atoms with Gasteiger partial charge in [0.1, 0.15) is 0 Å². The summed E-state index contributed by atoms with van der Waals surface area (Å²) < 4.78 is 5.47. The average molecular weight is 707 g/mol. The number of esters is 1. The van der Waals surface area contributed by atoms with Crippen LogP contribution in [0.25, 0.3) is 0 Å². The second kappa shape index (κ2) is 44.6. The molecule has 300 valence electrons. The number of carbonyl (C=O) groups excluding carboxylic acids is 1. The Morgan fingerprint density at radius 2 is 0.600 bits per heavy atom. The first-order valence-electron chi connectivity index (χ1n) is 23.5. The lowest BCUT2D eigenvalue weighted by Crippen LogP contribution is -2.06. The summed E-state index contributed by atoms with van der Waals surface area (Å²) in [6.45, 7) is 5.15. The van der Waals surface area contributed by atoms with Crippen LogP contribution < -0.4 is 0 Å². The SMILES string of the molecule is CCCCCCCCCCCCCCCCCCCCCCCCCCCCCOC(=O)CCCCCCCCCCC(O)CCCCCC. The number of unbranched alkanes of at least 4 members (excludes halogenated alkanes) is 36. The Hall–Kier alpha value is -0.570. The highest BCUT2D eigenvalue weighted by atomic mass is 16.5. The van der Waals surface area contributed by atoms with E-state index in [1.54, 1.807) is 0 Å². The predicted octanol–water partition coefficient (Wildman–Crippen LogP) is 16.3.